The molecule has 0 radical (unpaired) electrons. The Bertz CT molecular complexity index is 507. The van der Waals surface area contributed by atoms with Gasteiger partial charge in [-0.05, 0) is 12.1 Å². The minimum absolute atomic E-state index is 0.0285. The van der Waals surface area contributed by atoms with E-state index in [-0.39, 0.29) is 12.3 Å². The maximum absolute atomic E-state index is 11.3. The minimum Gasteiger partial charge on any atom is -0.369 e. The van der Waals surface area contributed by atoms with Gasteiger partial charge in [-0.15, -0.1) is 0 Å². The first-order valence-corrected chi connectivity index (χ1v) is 6.81. The van der Waals surface area contributed by atoms with Gasteiger partial charge in [-0.25, -0.2) is 18.1 Å². The molecular weight excluding hydrogens is 240 g/mol. The highest BCUT2D eigenvalue weighted by atomic mass is 32.2. The molecule has 0 fully saturated rings. The van der Waals surface area contributed by atoms with Gasteiger partial charge < -0.3 is 5.32 Å². The molecule has 0 amide bonds. The normalized spacial score (nSPS) is 10.8. The first kappa shape index (κ1) is 13.4. The average molecular weight is 254 g/mol. The van der Waals surface area contributed by atoms with E-state index >= 15 is 0 Å². The summed E-state index contributed by atoms with van der Waals surface area (Å²) in [5.74, 6) is 0.468. The third-order valence-electron chi connectivity index (χ3n) is 1.90. The van der Waals surface area contributed by atoms with Gasteiger partial charge in [0.2, 0.25) is 10.0 Å². The van der Waals surface area contributed by atoms with Gasteiger partial charge in [0.25, 0.3) is 0 Å². The van der Waals surface area contributed by atoms with Crippen LogP contribution in [0.25, 0.3) is 0 Å². The zero-order valence-corrected chi connectivity index (χ0v) is 10.3. The van der Waals surface area contributed by atoms with E-state index in [2.05, 4.69) is 15.0 Å². The van der Waals surface area contributed by atoms with Crippen molar-refractivity contribution in [2.45, 2.75) is 6.92 Å². The Morgan fingerprint density at radius 3 is 2.88 bits per heavy atom. The third-order valence-corrected chi connectivity index (χ3v) is 3.37. The van der Waals surface area contributed by atoms with Crippen molar-refractivity contribution in [3.63, 3.8) is 0 Å². The van der Waals surface area contributed by atoms with Crippen molar-refractivity contribution in [2.75, 3.05) is 24.2 Å². The van der Waals surface area contributed by atoms with E-state index in [0.717, 1.165) is 0 Å². The Labute approximate surface area is 101 Å². The topological polar surface area (TPSA) is 94.9 Å². The van der Waals surface area contributed by atoms with Crippen LogP contribution in [0.2, 0.25) is 0 Å². The molecule has 0 aliphatic carbocycles. The fraction of sp³-hybridized carbons (Fsp3) is 0.400. The first-order chi connectivity index (χ1) is 8.07. The van der Waals surface area contributed by atoms with E-state index in [9.17, 15) is 8.42 Å². The summed E-state index contributed by atoms with van der Waals surface area (Å²) < 4.78 is 25.0. The molecule has 0 saturated carbocycles. The number of nitrogens with zero attached hydrogens (tertiary/aromatic N) is 2. The zero-order chi connectivity index (χ0) is 12.7. The number of anilines is 1. The van der Waals surface area contributed by atoms with Gasteiger partial charge in [-0.1, -0.05) is 13.0 Å². The molecule has 0 saturated heterocycles. The predicted molar refractivity (Wildman–Crippen MR) is 64.9 cm³/mol. The van der Waals surface area contributed by atoms with Crippen molar-refractivity contribution in [1.29, 1.82) is 5.26 Å². The van der Waals surface area contributed by atoms with Crippen molar-refractivity contribution in [2.24, 2.45) is 0 Å². The number of nitrogens with one attached hydrogen (secondary N) is 2. The number of nitriles is 1. The van der Waals surface area contributed by atoms with Crippen molar-refractivity contribution in [1.82, 2.24) is 9.71 Å². The van der Waals surface area contributed by atoms with Gasteiger partial charge in [0.15, 0.2) is 0 Å². The molecule has 17 heavy (non-hydrogen) atoms. The molecule has 1 rings (SSSR count). The second-order valence-corrected chi connectivity index (χ2v) is 5.19. The van der Waals surface area contributed by atoms with Crippen molar-refractivity contribution >= 4 is 15.8 Å². The highest BCUT2D eigenvalue weighted by Gasteiger charge is 2.07. The van der Waals surface area contributed by atoms with Gasteiger partial charge in [0.05, 0.1) is 5.75 Å². The lowest BCUT2D eigenvalue weighted by molar-refractivity contribution is 0.584. The molecule has 0 bridgehead atoms. The van der Waals surface area contributed by atoms with Crippen molar-refractivity contribution in [3.8, 4) is 6.07 Å². The average Bonchev–Trinajstić information content (AvgIpc) is 2.29. The number of sulfonamides is 1. The summed E-state index contributed by atoms with van der Waals surface area (Å²) in [6.45, 7) is 2.35. The Hall–Kier alpha value is -1.65. The molecule has 0 aliphatic rings. The van der Waals surface area contributed by atoms with Crippen LogP contribution in [-0.4, -0.2) is 32.2 Å². The molecule has 6 nitrogen and oxygen atoms in total. The lowest BCUT2D eigenvalue weighted by Gasteiger charge is -2.06. The van der Waals surface area contributed by atoms with Crippen molar-refractivity contribution in [3.05, 3.63) is 23.9 Å². The van der Waals surface area contributed by atoms with Gasteiger partial charge in [0.1, 0.15) is 17.6 Å². The van der Waals surface area contributed by atoms with E-state index in [1.165, 1.54) is 0 Å². The Kier molecular flexibility index (Phi) is 4.87. The monoisotopic (exact) mass is 254 g/mol. The van der Waals surface area contributed by atoms with Gasteiger partial charge in [0, 0.05) is 13.1 Å². The SMILES string of the molecule is CCNS(=O)(=O)CCNc1cccc(C#N)n1. The molecule has 1 aromatic heterocycles. The molecule has 0 atom stereocenters. The van der Waals surface area contributed by atoms with E-state index < -0.39 is 10.0 Å². The molecule has 92 valence electrons. The molecule has 0 unspecified atom stereocenters. The maximum Gasteiger partial charge on any atom is 0.213 e. The summed E-state index contributed by atoms with van der Waals surface area (Å²) >= 11 is 0. The molecule has 0 aliphatic heterocycles. The van der Waals surface area contributed by atoms with E-state index in [4.69, 9.17) is 5.26 Å². The summed E-state index contributed by atoms with van der Waals surface area (Å²) in [5, 5.41) is 11.5. The third kappa shape index (κ3) is 4.80. The number of hydrogen-bond acceptors (Lipinski definition) is 5. The Morgan fingerprint density at radius 2 is 2.24 bits per heavy atom. The van der Waals surface area contributed by atoms with Crippen LogP contribution in [0.15, 0.2) is 18.2 Å². The highest BCUT2D eigenvalue weighted by Crippen LogP contribution is 2.03. The van der Waals surface area contributed by atoms with E-state index in [1.54, 1.807) is 25.1 Å². The Balaban J connectivity index is 2.49. The first-order valence-electron chi connectivity index (χ1n) is 5.16. The predicted octanol–water partition coefficient (Wildman–Crippen LogP) is 0.304. The fourth-order valence-electron chi connectivity index (χ4n) is 1.20. The molecule has 0 aromatic carbocycles. The zero-order valence-electron chi connectivity index (χ0n) is 9.47. The summed E-state index contributed by atoms with van der Waals surface area (Å²) in [6, 6.07) is 6.86. The molecule has 1 heterocycles. The lowest BCUT2D eigenvalue weighted by atomic mass is 10.3. The molecule has 7 heteroatoms. The highest BCUT2D eigenvalue weighted by molar-refractivity contribution is 7.89. The summed E-state index contributed by atoms with van der Waals surface area (Å²) in [4.78, 5) is 3.97. The van der Waals surface area contributed by atoms with E-state index in [1.807, 2.05) is 6.07 Å². The number of hydrogen-bond donors (Lipinski definition) is 2. The second-order valence-electron chi connectivity index (χ2n) is 3.26. The standard InChI is InChI=1S/C10H14N4O2S/c1-2-13-17(15,16)7-6-12-10-5-3-4-9(8-11)14-10/h3-5,13H,2,6-7H2,1H3,(H,12,14). The smallest absolute Gasteiger partial charge is 0.213 e. The lowest BCUT2D eigenvalue weighted by Crippen LogP contribution is -2.29. The van der Waals surface area contributed by atoms with Gasteiger partial charge >= 0.3 is 0 Å². The van der Waals surface area contributed by atoms with Crippen LogP contribution in [0.5, 0.6) is 0 Å². The van der Waals surface area contributed by atoms with Gasteiger partial charge in [-0.3, -0.25) is 0 Å². The maximum atomic E-state index is 11.3. The number of aromatic nitrogens is 1. The number of pyridine rings is 1. The number of rotatable bonds is 6. The molecular formula is C10H14N4O2S. The van der Waals surface area contributed by atoms with Gasteiger partial charge in [-0.2, -0.15) is 5.26 Å². The summed E-state index contributed by atoms with van der Waals surface area (Å²) in [6.07, 6.45) is 0. The van der Waals surface area contributed by atoms with Crippen LogP contribution in [0, 0.1) is 11.3 Å². The molecule has 0 spiro atoms. The van der Waals surface area contributed by atoms with Crippen LogP contribution in [0.1, 0.15) is 12.6 Å². The van der Waals surface area contributed by atoms with Crippen LogP contribution in [0.4, 0.5) is 5.82 Å². The fourth-order valence-corrected chi connectivity index (χ4v) is 2.16. The van der Waals surface area contributed by atoms with Crippen molar-refractivity contribution < 1.29 is 8.42 Å². The molecule has 2 N–H and O–H groups in total. The minimum atomic E-state index is -3.22. The van der Waals surface area contributed by atoms with E-state index in [0.29, 0.717) is 18.1 Å². The second kappa shape index (κ2) is 6.18. The van der Waals surface area contributed by atoms with Crippen LogP contribution < -0.4 is 10.0 Å². The Morgan fingerprint density at radius 1 is 1.47 bits per heavy atom. The van der Waals surface area contributed by atoms with Crippen LogP contribution in [0.3, 0.4) is 0 Å². The largest absolute Gasteiger partial charge is 0.369 e. The summed E-state index contributed by atoms with van der Waals surface area (Å²) in [5.41, 5.74) is 0.296. The summed E-state index contributed by atoms with van der Waals surface area (Å²) in [7, 11) is -3.22. The van der Waals surface area contributed by atoms with Crippen LogP contribution in [-0.2, 0) is 10.0 Å². The van der Waals surface area contributed by atoms with Crippen LogP contribution >= 0.6 is 0 Å². The molecule has 1 aromatic rings. The quantitative estimate of drug-likeness (QED) is 0.761.